The first-order chi connectivity index (χ1) is 11.6. The van der Waals surface area contributed by atoms with Crippen LogP contribution in [0.4, 0.5) is 0 Å². The molecule has 0 spiro atoms. The summed E-state index contributed by atoms with van der Waals surface area (Å²) in [5.41, 5.74) is 3.39. The number of hydrogen-bond acceptors (Lipinski definition) is 5. The Bertz CT molecular complexity index is 679. The molecule has 2 aromatic heterocycles. The molecule has 24 heavy (non-hydrogen) atoms. The van der Waals surface area contributed by atoms with Crippen molar-refractivity contribution in [3.63, 3.8) is 0 Å². The van der Waals surface area contributed by atoms with Gasteiger partial charge in [-0.05, 0) is 19.3 Å². The molecule has 0 saturated carbocycles. The Kier molecular flexibility index (Phi) is 5.20. The molecular formula is C17H27N5O2. The van der Waals surface area contributed by atoms with Gasteiger partial charge in [0.2, 0.25) is 5.88 Å². The molecule has 0 amide bonds. The Labute approximate surface area is 143 Å². The van der Waals surface area contributed by atoms with Gasteiger partial charge in [0.1, 0.15) is 6.10 Å². The molecule has 0 radical (unpaired) electrons. The Morgan fingerprint density at radius 1 is 1.42 bits per heavy atom. The third-order valence-corrected chi connectivity index (χ3v) is 4.73. The summed E-state index contributed by atoms with van der Waals surface area (Å²) in [4.78, 5) is 4.20. The number of rotatable bonds is 6. The monoisotopic (exact) mass is 333 g/mol. The summed E-state index contributed by atoms with van der Waals surface area (Å²) in [6.45, 7) is 3.65. The lowest BCUT2D eigenvalue weighted by atomic mass is 10.0. The molecule has 2 unspecified atom stereocenters. The second-order valence-electron chi connectivity index (χ2n) is 6.30. The molecular weight excluding hydrogens is 306 g/mol. The molecule has 7 heteroatoms. The summed E-state index contributed by atoms with van der Waals surface area (Å²) in [7, 11) is 5.64. The van der Waals surface area contributed by atoms with Gasteiger partial charge in [0.15, 0.2) is 0 Å². The van der Waals surface area contributed by atoms with Crippen molar-refractivity contribution >= 4 is 0 Å². The number of ether oxygens (including phenoxy) is 2. The zero-order valence-corrected chi connectivity index (χ0v) is 15.0. The van der Waals surface area contributed by atoms with Gasteiger partial charge in [-0.1, -0.05) is 6.92 Å². The van der Waals surface area contributed by atoms with Crippen LogP contribution in [-0.4, -0.2) is 39.1 Å². The molecule has 3 heterocycles. The van der Waals surface area contributed by atoms with Gasteiger partial charge < -0.3 is 19.4 Å². The van der Waals surface area contributed by atoms with E-state index in [0.717, 1.165) is 55.2 Å². The molecule has 2 aromatic rings. The first-order valence-electron chi connectivity index (χ1n) is 8.54. The van der Waals surface area contributed by atoms with Crippen molar-refractivity contribution in [2.45, 2.75) is 44.9 Å². The molecule has 1 fully saturated rings. The minimum Gasteiger partial charge on any atom is -0.481 e. The van der Waals surface area contributed by atoms with Crippen molar-refractivity contribution in [3.05, 3.63) is 29.5 Å². The van der Waals surface area contributed by atoms with Crippen LogP contribution in [0.1, 0.15) is 42.8 Å². The molecule has 1 saturated heterocycles. The van der Waals surface area contributed by atoms with Crippen LogP contribution in [0.2, 0.25) is 0 Å². The Morgan fingerprint density at radius 3 is 2.92 bits per heavy atom. The van der Waals surface area contributed by atoms with Crippen LogP contribution < -0.4 is 10.1 Å². The first-order valence-corrected chi connectivity index (χ1v) is 8.54. The summed E-state index contributed by atoms with van der Waals surface area (Å²) in [5, 5.41) is 8.22. The third kappa shape index (κ3) is 3.32. The van der Waals surface area contributed by atoms with Gasteiger partial charge in [-0.3, -0.25) is 0 Å². The van der Waals surface area contributed by atoms with Crippen LogP contribution in [0.25, 0.3) is 0 Å². The molecule has 2 atom stereocenters. The summed E-state index contributed by atoms with van der Waals surface area (Å²) >= 11 is 0. The minimum absolute atomic E-state index is 0.102. The van der Waals surface area contributed by atoms with E-state index in [2.05, 4.69) is 22.3 Å². The number of nitrogens with one attached hydrogen (secondary N) is 1. The summed E-state index contributed by atoms with van der Waals surface area (Å²) in [6.07, 6.45) is 6.68. The van der Waals surface area contributed by atoms with Gasteiger partial charge in [-0.25, -0.2) is 9.67 Å². The van der Waals surface area contributed by atoms with Crippen LogP contribution in [0.15, 0.2) is 12.5 Å². The van der Waals surface area contributed by atoms with E-state index in [9.17, 15) is 0 Å². The summed E-state index contributed by atoms with van der Waals surface area (Å²) < 4.78 is 15.3. The van der Waals surface area contributed by atoms with Crippen molar-refractivity contribution < 1.29 is 9.47 Å². The highest BCUT2D eigenvalue weighted by atomic mass is 16.5. The number of imidazole rings is 1. The highest BCUT2D eigenvalue weighted by molar-refractivity contribution is 5.31. The Morgan fingerprint density at radius 2 is 2.25 bits per heavy atom. The zero-order chi connectivity index (χ0) is 17.1. The number of aromatic nitrogens is 4. The molecule has 3 rings (SSSR count). The largest absolute Gasteiger partial charge is 0.481 e. The normalized spacial score (nSPS) is 21.2. The van der Waals surface area contributed by atoms with Crippen LogP contribution in [-0.2, 0) is 31.8 Å². The lowest BCUT2D eigenvalue weighted by Crippen LogP contribution is -2.36. The highest BCUT2D eigenvalue weighted by Crippen LogP contribution is 2.28. The SMILES string of the molecule is CCc1nn(C)c(OC)c1CNC1CCOC(c2cncn2C)C1. The molecule has 0 bridgehead atoms. The summed E-state index contributed by atoms with van der Waals surface area (Å²) in [5.74, 6) is 0.842. The van der Waals surface area contributed by atoms with Gasteiger partial charge in [-0.2, -0.15) is 5.10 Å². The number of nitrogens with zero attached hydrogens (tertiary/aromatic N) is 4. The van der Waals surface area contributed by atoms with Crippen molar-refractivity contribution in [3.8, 4) is 5.88 Å². The predicted octanol–water partition coefficient (Wildman–Crippen LogP) is 1.73. The van der Waals surface area contributed by atoms with Gasteiger partial charge in [0.25, 0.3) is 0 Å². The fourth-order valence-electron chi connectivity index (χ4n) is 3.44. The van der Waals surface area contributed by atoms with Crippen LogP contribution >= 0.6 is 0 Å². The quantitative estimate of drug-likeness (QED) is 0.872. The fourth-order valence-corrected chi connectivity index (χ4v) is 3.44. The maximum atomic E-state index is 5.94. The van der Waals surface area contributed by atoms with Gasteiger partial charge >= 0.3 is 0 Å². The van der Waals surface area contributed by atoms with Gasteiger partial charge in [0.05, 0.1) is 36.6 Å². The molecule has 0 aromatic carbocycles. The minimum atomic E-state index is 0.102. The maximum absolute atomic E-state index is 5.94. The smallest absolute Gasteiger partial charge is 0.216 e. The van der Waals surface area contributed by atoms with Crippen molar-refractivity contribution in [1.82, 2.24) is 24.6 Å². The van der Waals surface area contributed by atoms with E-state index in [1.165, 1.54) is 0 Å². The number of hydrogen-bond donors (Lipinski definition) is 1. The zero-order valence-electron chi connectivity index (χ0n) is 15.0. The third-order valence-electron chi connectivity index (χ3n) is 4.73. The van der Waals surface area contributed by atoms with Crippen molar-refractivity contribution in [2.24, 2.45) is 14.1 Å². The van der Waals surface area contributed by atoms with E-state index in [0.29, 0.717) is 6.04 Å². The van der Waals surface area contributed by atoms with E-state index in [4.69, 9.17) is 9.47 Å². The van der Waals surface area contributed by atoms with Crippen LogP contribution in [0.5, 0.6) is 5.88 Å². The number of aryl methyl sites for hydroxylation is 3. The lowest BCUT2D eigenvalue weighted by Gasteiger charge is -2.30. The molecule has 7 nitrogen and oxygen atoms in total. The standard InChI is InChI=1S/C17H27N5O2/c1-5-14-13(17(23-4)22(3)20-14)9-19-12-6-7-24-16(8-12)15-10-18-11-21(15)2/h10-12,16,19H,5-9H2,1-4H3. The maximum Gasteiger partial charge on any atom is 0.216 e. The number of methoxy groups -OCH3 is 1. The van der Waals surface area contributed by atoms with E-state index in [-0.39, 0.29) is 6.10 Å². The molecule has 1 N–H and O–H groups in total. The van der Waals surface area contributed by atoms with E-state index >= 15 is 0 Å². The van der Waals surface area contributed by atoms with Crippen LogP contribution in [0, 0.1) is 0 Å². The summed E-state index contributed by atoms with van der Waals surface area (Å²) in [6, 6.07) is 0.410. The Hall–Kier alpha value is -1.86. The van der Waals surface area contributed by atoms with E-state index < -0.39 is 0 Å². The van der Waals surface area contributed by atoms with Gasteiger partial charge in [0, 0.05) is 33.3 Å². The average Bonchev–Trinajstić information content (AvgIpc) is 3.15. The van der Waals surface area contributed by atoms with Crippen molar-refractivity contribution in [2.75, 3.05) is 13.7 Å². The second-order valence-corrected chi connectivity index (χ2v) is 6.30. The van der Waals surface area contributed by atoms with E-state index in [1.54, 1.807) is 7.11 Å². The van der Waals surface area contributed by atoms with Gasteiger partial charge in [-0.15, -0.1) is 0 Å². The van der Waals surface area contributed by atoms with Crippen molar-refractivity contribution in [1.29, 1.82) is 0 Å². The van der Waals surface area contributed by atoms with Crippen LogP contribution in [0.3, 0.4) is 0 Å². The first kappa shape index (κ1) is 17.0. The molecule has 132 valence electrons. The molecule has 1 aliphatic rings. The predicted molar refractivity (Wildman–Crippen MR) is 90.9 cm³/mol. The highest BCUT2D eigenvalue weighted by Gasteiger charge is 2.26. The topological polar surface area (TPSA) is 66.1 Å². The van der Waals surface area contributed by atoms with E-state index in [1.807, 2.05) is 35.9 Å². The second kappa shape index (κ2) is 7.36. The molecule has 0 aliphatic carbocycles. The fraction of sp³-hybridized carbons (Fsp3) is 0.647. The average molecular weight is 333 g/mol. The lowest BCUT2D eigenvalue weighted by molar-refractivity contribution is -0.00407. The Balaban J connectivity index is 1.66. The molecule has 1 aliphatic heterocycles.